The highest BCUT2D eigenvalue weighted by atomic mass is 16.5. The molecule has 0 bridgehead atoms. The van der Waals surface area contributed by atoms with E-state index in [0.29, 0.717) is 25.8 Å². The monoisotopic (exact) mass is 702 g/mol. The van der Waals surface area contributed by atoms with Crippen LogP contribution in [0.4, 0.5) is 0 Å². The van der Waals surface area contributed by atoms with Gasteiger partial charge in [0, 0.05) is 40.7 Å². The van der Waals surface area contributed by atoms with E-state index in [1.54, 1.807) is 23.8 Å². The molecule has 2 rings (SSSR count). The topological polar surface area (TPSA) is 155 Å². The van der Waals surface area contributed by atoms with Crippen molar-refractivity contribution in [2.24, 2.45) is 23.7 Å². The summed E-state index contributed by atoms with van der Waals surface area (Å²) in [6.07, 6.45) is 1.20. The van der Waals surface area contributed by atoms with E-state index in [1.165, 1.54) is 14.2 Å². The number of likely N-dealkylation sites (N-methyl/N-ethyl adjacent to an activating group) is 1. The van der Waals surface area contributed by atoms with E-state index in [9.17, 15) is 29.1 Å². The second-order valence-corrected chi connectivity index (χ2v) is 14.6. The molecule has 12 heteroatoms. The Hall–Kier alpha value is -3.51. The number of benzene rings is 1. The van der Waals surface area contributed by atoms with Crippen molar-refractivity contribution in [2.45, 2.75) is 123 Å². The Morgan fingerprint density at radius 1 is 0.960 bits per heavy atom. The van der Waals surface area contributed by atoms with Crippen LogP contribution in [-0.4, -0.2) is 109 Å². The maximum absolute atomic E-state index is 14.1. The van der Waals surface area contributed by atoms with Crippen LogP contribution in [0.25, 0.3) is 0 Å². The van der Waals surface area contributed by atoms with Gasteiger partial charge in [-0.2, -0.15) is 0 Å². The third-order valence-electron chi connectivity index (χ3n) is 10.00. The van der Waals surface area contributed by atoms with E-state index < -0.39 is 54.2 Å². The summed E-state index contributed by atoms with van der Waals surface area (Å²) < 4.78 is 11.8. The van der Waals surface area contributed by atoms with Gasteiger partial charge < -0.3 is 35.0 Å². The Morgan fingerprint density at radius 3 is 2.12 bits per heavy atom. The van der Waals surface area contributed by atoms with Crippen molar-refractivity contribution in [1.29, 1.82) is 0 Å². The summed E-state index contributed by atoms with van der Waals surface area (Å²) in [7, 11) is 4.74. The molecule has 50 heavy (non-hydrogen) atoms. The standard InChI is InChI=1S/C38H62N4O8/c1-11-25(6)34(41(8)37(46)33(24(4)5)40-31(43)20-23(2)3)30(49-9)22-32(44)42-19-15-18-29(42)35(50-10)26(7)36(45)39-28(38(47)48)21-27-16-13-12-14-17-27/h12-14,16-17,23-26,28-30,33-35H,11,15,18-22H2,1-10H3,(H,39,45)(H,40,43)(H,47,48)/t25-,26+,28-,29-,30+,33-,34-,35+/m0/s1. The SMILES string of the molecule is CC[C@H](C)[C@@H]([C@@H](CC(=O)N1CCC[C@H]1[C@H](OC)[C@@H](C)C(=O)N[C@@H](Cc1ccccc1)C(=O)O)OC)N(C)C(=O)[C@@H](NC(=O)CC(C)C)C(C)C. The lowest BCUT2D eigenvalue weighted by atomic mass is 9.89. The molecule has 3 N–H and O–H groups in total. The molecule has 1 aliphatic heterocycles. The summed E-state index contributed by atoms with van der Waals surface area (Å²) in [5.41, 5.74) is 0.787. The lowest BCUT2D eigenvalue weighted by Crippen LogP contribution is -2.58. The Bertz CT molecular complexity index is 1260. The van der Waals surface area contributed by atoms with Gasteiger partial charge in [-0.3, -0.25) is 19.2 Å². The van der Waals surface area contributed by atoms with Crippen LogP contribution >= 0.6 is 0 Å². The first kappa shape index (κ1) is 42.7. The Balaban J connectivity index is 2.24. The van der Waals surface area contributed by atoms with Gasteiger partial charge in [-0.25, -0.2) is 4.79 Å². The second-order valence-electron chi connectivity index (χ2n) is 14.6. The Morgan fingerprint density at radius 2 is 1.60 bits per heavy atom. The molecule has 0 spiro atoms. The van der Waals surface area contributed by atoms with Crippen LogP contribution in [0.2, 0.25) is 0 Å². The van der Waals surface area contributed by atoms with Crippen molar-refractivity contribution in [3.8, 4) is 0 Å². The van der Waals surface area contributed by atoms with Crippen LogP contribution in [0, 0.1) is 23.7 Å². The van der Waals surface area contributed by atoms with E-state index in [2.05, 4.69) is 10.6 Å². The molecule has 1 aliphatic rings. The summed E-state index contributed by atoms with van der Waals surface area (Å²) >= 11 is 0. The van der Waals surface area contributed by atoms with Gasteiger partial charge in [-0.05, 0) is 36.2 Å². The quantitative estimate of drug-likeness (QED) is 0.185. The molecule has 12 nitrogen and oxygen atoms in total. The molecule has 8 atom stereocenters. The summed E-state index contributed by atoms with van der Waals surface area (Å²) in [5, 5.41) is 15.5. The predicted molar refractivity (Wildman–Crippen MR) is 192 cm³/mol. The largest absolute Gasteiger partial charge is 0.480 e. The number of carbonyl (C=O) groups is 5. The number of hydrogen-bond donors (Lipinski definition) is 3. The van der Waals surface area contributed by atoms with E-state index in [-0.39, 0.29) is 48.3 Å². The Kier molecular flexibility index (Phi) is 17.4. The molecule has 0 unspecified atom stereocenters. The molecule has 0 saturated carbocycles. The van der Waals surface area contributed by atoms with E-state index in [0.717, 1.165) is 12.0 Å². The number of nitrogens with zero attached hydrogens (tertiary/aromatic N) is 2. The maximum Gasteiger partial charge on any atom is 0.326 e. The molecule has 1 saturated heterocycles. The van der Waals surface area contributed by atoms with E-state index in [1.807, 2.05) is 71.9 Å². The van der Waals surface area contributed by atoms with Gasteiger partial charge >= 0.3 is 5.97 Å². The van der Waals surface area contributed by atoms with Gasteiger partial charge in [-0.15, -0.1) is 0 Å². The first-order chi connectivity index (χ1) is 23.6. The molecule has 0 aliphatic carbocycles. The zero-order chi connectivity index (χ0) is 37.7. The van der Waals surface area contributed by atoms with Crippen LogP contribution in [-0.2, 0) is 39.9 Å². The molecular formula is C38H62N4O8. The van der Waals surface area contributed by atoms with Gasteiger partial charge in [0.2, 0.25) is 23.6 Å². The molecule has 0 radical (unpaired) electrons. The van der Waals surface area contributed by atoms with Crippen LogP contribution in [0.3, 0.4) is 0 Å². The number of carbonyl (C=O) groups excluding carboxylic acids is 4. The fraction of sp³-hybridized carbons (Fsp3) is 0.711. The number of hydrogen-bond acceptors (Lipinski definition) is 7. The number of aliphatic carboxylic acids is 1. The third kappa shape index (κ3) is 11.8. The highest BCUT2D eigenvalue weighted by Gasteiger charge is 2.43. The van der Waals surface area contributed by atoms with Gasteiger partial charge in [0.1, 0.15) is 12.1 Å². The first-order valence-electron chi connectivity index (χ1n) is 18.1. The minimum Gasteiger partial charge on any atom is -0.480 e. The molecule has 1 aromatic carbocycles. The number of amides is 4. The second kappa shape index (κ2) is 20.4. The smallest absolute Gasteiger partial charge is 0.326 e. The van der Waals surface area contributed by atoms with Gasteiger partial charge in [0.25, 0.3) is 0 Å². The lowest BCUT2D eigenvalue weighted by Gasteiger charge is -2.40. The zero-order valence-corrected chi connectivity index (χ0v) is 31.8. The molecule has 1 heterocycles. The van der Waals surface area contributed by atoms with Crippen LogP contribution in [0.5, 0.6) is 0 Å². The average Bonchev–Trinajstić information content (AvgIpc) is 3.55. The highest BCUT2D eigenvalue weighted by Crippen LogP contribution is 2.29. The summed E-state index contributed by atoms with van der Waals surface area (Å²) in [4.78, 5) is 69.5. The minimum atomic E-state index is -1.14. The number of methoxy groups -OCH3 is 2. The normalized spacial score (nSPS) is 18.9. The highest BCUT2D eigenvalue weighted by molar-refractivity contribution is 5.88. The van der Waals surface area contributed by atoms with Crippen LogP contribution in [0.15, 0.2) is 30.3 Å². The summed E-state index contributed by atoms with van der Waals surface area (Å²) in [5.74, 6) is -2.96. The lowest BCUT2D eigenvalue weighted by molar-refractivity contribution is -0.148. The fourth-order valence-corrected chi connectivity index (χ4v) is 7.00. The molecule has 282 valence electrons. The van der Waals surface area contributed by atoms with Gasteiger partial charge in [-0.1, -0.05) is 85.2 Å². The predicted octanol–water partition coefficient (Wildman–Crippen LogP) is 3.91. The Labute approximate surface area is 299 Å². The zero-order valence-electron chi connectivity index (χ0n) is 31.8. The molecule has 0 aromatic heterocycles. The van der Waals surface area contributed by atoms with E-state index in [4.69, 9.17) is 9.47 Å². The van der Waals surface area contributed by atoms with Crippen molar-refractivity contribution in [1.82, 2.24) is 20.4 Å². The van der Waals surface area contributed by atoms with E-state index >= 15 is 0 Å². The maximum atomic E-state index is 14.1. The molecule has 4 amide bonds. The molecular weight excluding hydrogens is 640 g/mol. The fourth-order valence-electron chi connectivity index (χ4n) is 7.00. The minimum absolute atomic E-state index is 0.000849. The molecule has 1 aromatic rings. The number of ether oxygens (including phenoxy) is 2. The average molecular weight is 703 g/mol. The van der Waals surface area contributed by atoms with Crippen LogP contribution < -0.4 is 10.6 Å². The number of carboxylic acid groups (broad SMARTS) is 1. The summed E-state index contributed by atoms with van der Waals surface area (Å²) in [6.45, 7) is 13.9. The summed E-state index contributed by atoms with van der Waals surface area (Å²) in [6, 6.07) is 6.39. The van der Waals surface area contributed by atoms with Crippen molar-refractivity contribution in [3.05, 3.63) is 35.9 Å². The van der Waals surface area contributed by atoms with Crippen molar-refractivity contribution in [2.75, 3.05) is 27.8 Å². The van der Waals surface area contributed by atoms with Crippen molar-refractivity contribution < 1.29 is 38.6 Å². The van der Waals surface area contributed by atoms with Crippen molar-refractivity contribution in [3.63, 3.8) is 0 Å². The molecule has 1 fully saturated rings. The van der Waals surface area contributed by atoms with Crippen LogP contribution in [0.1, 0.15) is 86.1 Å². The number of rotatable bonds is 20. The van der Waals surface area contributed by atoms with Crippen molar-refractivity contribution >= 4 is 29.6 Å². The third-order valence-corrected chi connectivity index (χ3v) is 10.00. The van der Waals surface area contributed by atoms with Gasteiger partial charge in [0.15, 0.2) is 0 Å². The van der Waals surface area contributed by atoms with Gasteiger partial charge in [0.05, 0.1) is 36.6 Å². The first-order valence-corrected chi connectivity index (χ1v) is 18.1. The number of nitrogens with one attached hydrogen (secondary N) is 2. The number of carboxylic acids is 1. The number of likely N-dealkylation sites (tertiary alicyclic amines) is 1.